The maximum Gasteiger partial charge on any atom is 0.153 e. The number of hydrogen-bond acceptors (Lipinski definition) is 3. The zero-order valence-electron chi connectivity index (χ0n) is 10.2. The van der Waals surface area contributed by atoms with Gasteiger partial charge in [0.25, 0.3) is 0 Å². The smallest absolute Gasteiger partial charge is 0.153 e. The van der Waals surface area contributed by atoms with Gasteiger partial charge in [-0.25, -0.2) is 8.42 Å². The molecule has 2 fully saturated rings. The first-order valence-electron chi connectivity index (χ1n) is 6.48. The van der Waals surface area contributed by atoms with Crippen LogP contribution in [0.5, 0.6) is 0 Å². The Morgan fingerprint density at radius 2 is 2.06 bits per heavy atom. The second-order valence-corrected chi connectivity index (χ2v) is 8.03. The van der Waals surface area contributed by atoms with Gasteiger partial charge in [-0.05, 0) is 45.6 Å². The van der Waals surface area contributed by atoms with E-state index in [1.54, 1.807) is 0 Å². The van der Waals surface area contributed by atoms with Crippen LogP contribution < -0.4 is 5.32 Å². The third-order valence-electron chi connectivity index (χ3n) is 4.10. The molecule has 4 heteroatoms. The first-order valence-corrected chi connectivity index (χ1v) is 8.20. The van der Waals surface area contributed by atoms with E-state index in [1.807, 2.05) is 0 Å². The molecule has 2 aliphatic rings. The molecule has 0 aromatic heterocycles. The molecule has 16 heavy (non-hydrogen) atoms. The average Bonchev–Trinajstić information content (AvgIpc) is 2.22. The van der Waals surface area contributed by atoms with Gasteiger partial charge in [-0.15, -0.1) is 0 Å². The standard InChI is InChI=1S/C12H23NO2S/c1-12(7-3-4-8-13-12)10-11-6-2-5-9-16(11,14)15/h11,13H,2-10H2,1H3. The van der Waals surface area contributed by atoms with Crippen molar-refractivity contribution in [3.8, 4) is 0 Å². The zero-order chi connectivity index (χ0) is 11.6. The fourth-order valence-corrected chi connectivity index (χ4v) is 5.13. The van der Waals surface area contributed by atoms with Crippen LogP contribution in [0.4, 0.5) is 0 Å². The van der Waals surface area contributed by atoms with E-state index in [-0.39, 0.29) is 10.8 Å². The molecule has 2 rings (SSSR count). The van der Waals surface area contributed by atoms with Crippen LogP contribution in [-0.4, -0.2) is 31.5 Å². The molecule has 1 N–H and O–H groups in total. The van der Waals surface area contributed by atoms with Crippen molar-refractivity contribution in [3.63, 3.8) is 0 Å². The van der Waals surface area contributed by atoms with E-state index < -0.39 is 9.84 Å². The van der Waals surface area contributed by atoms with Gasteiger partial charge >= 0.3 is 0 Å². The SMILES string of the molecule is CC1(CC2CCCCS2(=O)=O)CCCCN1. The second-order valence-electron chi connectivity index (χ2n) is 5.63. The molecule has 2 saturated heterocycles. The van der Waals surface area contributed by atoms with Crippen LogP contribution in [0.25, 0.3) is 0 Å². The molecule has 0 bridgehead atoms. The Kier molecular flexibility index (Phi) is 3.59. The molecule has 0 spiro atoms. The predicted octanol–water partition coefficient (Wildman–Crippen LogP) is 1.88. The minimum atomic E-state index is -2.80. The Bertz CT molecular complexity index is 331. The molecular weight excluding hydrogens is 222 g/mol. The van der Waals surface area contributed by atoms with Crippen LogP contribution in [-0.2, 0) is 9.84 Å². The van der Waals surface area contributed by atoms with Gasteiger partial charge in [0, 0.05) is 5.54 Å². The zero-order valence-corrected chi connectivity index (χ0v) is 11.0. The summed E-state index contributed by atoms with van der Waals surface area (Å²) in [6, 6.07) is 0. The van der Waals surface area contributed by atoms with Crippen molar-refractivity contribution >= 4 is 9.84 Å². The quantitative estimate of drug-likeness (QED) is 0.808. The Morgan fingerprint density at radius 1 is 1.25 bits per heavy atom. The summed E-state index contributed by atoms with van der Waals surface area (Å²) < 4.78 is 23.9. The first kappa shape index (κ1) is 12.4. The molecule has 0 amide bonds. The molecule has 2 unspecified atom stereocenters. The highest BCUT2D eigenvalue weighted by molar-refractivity contribution is 7.92. The summed E-state index contributed by atoms with van der Waals surface area (Å²) in [5.41, 5.74) is 0.0628. The maximum atomic E-state index is 12.0. The number of sulfone groups is 1. The summed E-state index contributed by atoms with van der Waals surface area (Å²) >= 11 is 0. The molecule has 2 heterocycles. The average molecular weight is 245 g/mol. The van der Waals surface area contributed by atoms with Crippen LogP contribution in [0.3, 0.4) is 0 Å². The third-order valence-corrected chi connectivity index (χ3v) is 6.37. The van der Waals surface area contributed by atoms with Crippen LogP contribution in [0.2, 0.25) is 0 Å². The lowest BCUT2D eigenvalue weighted by Gasteiger charge is -2.38. The van der Waals surface area contributed by atoms with Crippen molar-refractivity contribution in [2.75, 3.05) is 12.3 Å². The van der Waals surface area contributed by atoms with Gasteiger partial charge in [0.05, 0.1) is 11.0 Å². The van der Waals surface area contributed by atoms with E-state index in [2.05, 4.69) is 12.2 Å². The third kappa shape index (κ3) is 2.77. The van der Waals surface area contributed by atoms with Crippen molar-refractivity contribution in [1.29, 1.82) is 0 Å². The topological polar surface area (TPSA) is 46.2 Å². The highest BCUT2D eigenvalue weighted by Crippen LogP contribution is 2.31. The van der Waals surface area contributed by atoms with Gasteiger partial charge in [0.2, 0.25) is 0 Å². The summed E-state index contributed by atoms with van der Waals surface area (Å²) in [5, 5.41) is 3.43. The highest BCUT2D eigenvalue weighted by atomic mass is 32.2. The lowest BCUT2D eigenvalue weighted by atomic mass is 9.85. The number of nitrogens with one attached hydrogen (secondary N) is 1. The molecule has 0 saturated carbocycles. The minimum absolute atomic E-state index is 0.0628. The molecule has 0 aliphatic carbocycles. The normalized spacial score (nSPS) is 39.4. The van der Waals surface area contributed by atoms with Gasteiger partial charge in [-0.3, -0.25) is 0 Å². The molecule has 0 radical (unpaired) electrons. The molecular formula is C12H23NO2S. The highest BCUT2D eigenvalue weighted by Gasteiger charge is 2.36. The number of hydrogen-bond donors (Lipinski definition) is 1. The summed E-state index contributed by atoms with van der Waals surface area (Å²) in [6.45, 7) is 3.24. The summed E-state index contributed by atoms with van der Waals surface area (Å²) in [4.78, 5) is 0. The lowest BCUT2D eigenvalue weighted by molar-refractivity contribution is 0.252. The summed E-state index contributed by atoms with van der Waals surface area (Å²) in [7, 11) is -2.80. The van der Waals surface area contributed by atoms with Gasteiger partial charge in [0.1, 0.15) is 0 Å². The lowest BCUT2D eigenvalue weighted by Crippen LogP contribution is -2.49. The Morgan fingerprint density at radius 3 is 2.69 bits per heavy atom. The summed E-state index contributed by atoms with van der Waals surface area (Å²) in [5.74, 6) is 0.410. The second kappa shape index (κ2) is 4.65. The van der Waals surface area contributed by atoms with Crippen LogP contribution in [0, 0.1) is 0 Å². The Labute approximate surface area is 98.9 Å². The van der Waals surface area contributed by atoms with E-state index in [4.69, 9.17) is 0 Å². The van der Waals surface area contributed by atoms with E-state index in [0.717, 1.165) is 38.6 Å². The Balaban J connectivity index is 2.02. The Hall–Kier alpha value is -0.0900. The molecule has 0 aromatic rings. The van der Waals surface area contributed by atoms with E-state index in [1.165, 1.54) is 12.8 Å². The summed E-state index contributed by atoms with van der Waals surface area (Å²) in [6.07, 6.45) is 7.22. The van der Waals surface area contributed by atoms with E-state index in [9.17, 15) is 8.42 Å². The van der Waals surface area contributed by atoms with Crippen molar-refractivity contribution in [2.45, 2.75) is 62.7 Å². The van der Waals surface area contributed by atoms with E-state index in [0.29, 0.717) is 5.75 Å². The number of piperidine rings is 1. The largest absolute Gasteiger partial charge is 0.311 e. The number of rotatable bonds is 2. The molecule has 2 atom stereocenters. The fourth-order valence-electron chi connectivity index (χ4n) is 3.05. The first-order chi connectivity index (χ1) is 7.52. The minimum Gasteiger partial charge on any atom is -0.311 e. The molecule has 94 valence electrons. The van der Waals surface area contributed by atoms with Crippen molar-refractivity contribution < 1.29 is 8.42 Å². The van der Waals surface area contributed by atoms with Gasteiger partial charge < -0.3 is 5.32 Å². The van der Waals surface area contributed by atoms with Crippen LogP contribution in [0.15, 0.2) is 0 Å². The predicted molar refractivity (Wildman–Crippen MR) is 66.3 cm³/mol. The fraction of sp³-hybridized carbons (Fsp3) is 1.00. The van der Waals surface area contributed by atoms with Crippen LogP contribution in [0.1, 0.15) is 51.9 Å². The van der Waals surface area contributed by atoms with Gasteiger partial charge in [0.15, 0.2) is 9.84 Å². The van der Waals surface area contributed by atoms with Gasteiger partial charge in [-0.1, -0.05) is 12.8 Å². The van der Waals surface area contributed by atoms with E-state index >= 15 is 0 Å². The monoisotopic (exact) mass is 245 g/mol. The van der Waals surface area contributed by atoms with Crippen molar-refractivity contribution in [1.82, 2.24) is 5.32 Å². The molecule has 3 nitrogen and oxygen atoms in total. The van der Waals surface area contributed by atoms with Gasteiger partial charge in [-0.2, -0.15) is 0 Å². The van der Waals surface area contributed by atoms with Crippen molar-refractivity contribution in [3.05, 3.63) is 0 Å². The molecule has 0 aromatic carbocycles. The maximum absolute atomic E-state index is 12.0. The van der Waals surface area contributed by atoms with Crippen LogP contribution >= 0.6 is 0 Å². The molecule has 2 aliphatic heterocycles. The van der Waals surface area contributed by atoms with Crippen molar-refractivity contribution in [2.24, 2.45) is 0 Å².